The van der Waals surface area contributed by atoms with E-state index in [1.54, 1.807) is 0 Å². The molecule has 0 saturated carbocycles. The van der Waals surface area contributed by atoms with E-state index in [0.717, 1.165) is 16.5 Å². The predicted octanol–water partition coefficient (Wildman–Crippen LogP) is 3.52. The van der Waals surface area contributed by atoms with Gasteiger partial charge in [-0.3, -0.25) is 4.79 Å². The number of rotatable bonds is 4. The van der Waals surface area contributed by atoms with Gasteiger partial charge in [0.1, 0.15) is 5.78 Å². The van der Waals surface area contributed by atoms with Crippen LogP contribution in [0.1, 0.15) is 18.1 Å². The molecule has 1 rings (SSSR count). The topological polar surface area (TPSA) is 17.1 Å². The second-order valence-electron chi connectivity index (χ2n) is 3.13. The van der Waals surface area contributed by atoms with Crippen molar-refractivity contribution in [2.75, 3.05) is 5.33 Å². The molecule has 76 valence electrons. The van der Waals surface area contributed by atoms with E-state index in [2.05, 4.69) is 50.9 Å². The fourth-order valence-electron chi connectivity index (χ4n) is 1.21. The van der Waals surface area contributed by atoms with Crippen molar-refractivity contribution in [1.29, 1.82) is 0 Å². The van der Waals surface area contributed by atoms with E-state index < -0.39 is 0 Å². The van der Waals surface area contributed by atoms with Crippen LogP contribution in [0, 0.1) is 0 Å². The van der Waals surface area contributed by atoms with E-state index in [1.165, 1.54) is 5.56 Å². The first-order chi connectivity index (χ1) is 6.67. The van der Waals surface area contributed by atoms with Gasteiger partial charge in [-0.1, -0.05) is 50.9 Å². The lowest BCUT2D eigenvalue weighted by Gasteiger charge is -2.04. The summed E-state index contributed by atoms with van der Waals surface area (Å²) in [4.78, 5) is 11.2. The number of carbonyl (C=O) groups is 1. The van der Waals surface area contributed by atoms with Crippen molar-refractivity contribution in [1.82, 2.24) is 0 Å². The summed E-state index contributed by atoms with van der Waals surface area (Å²) in [6.07, 6.45) is 1.51. The minimum atomic E-state index is 0.204. The van der Waals surface area contributed by atoms with Crippen LogP contribution in [-0.2, 0) is 17.6 Å². The van der Waals surface area contributed by atoms with Crippen LogP contribution in [0.5, 0.6) is 0 Å². The van der Waals surface area contributed by atoms with Crippen molar-refractivity contribution >= 4 is 37.6 Å². The smallest absolute Gasteiger partial charge is 0.147 e. The highest BCUT2D eigenvalue weighted by molar-refractivity contribution is 9.10. The van der Waals surface area contributed by atoms with Gasteiger partial charge >= 0.3 is 0 Å². The van der Waals surface area contributed by atoms with Crippen LogP contribution < -0.4 is 0 Å². The fourth-order valence-corrected chi connectivity index (χ4v) is 1.98. The quantitative estimate of drug-likeness (QED) is 0.776. The summed E-state index contributed by atoms with van der Waals surface area (Å²) in [6, 6.07) is 6.17. The van der Waals surface area contributed by atoms with E-state index in [0.29, 0.717) is 11.8 Å². The van der Waals surface area contributed by atoms with Gasteiger partial charge in [-0.15, -0.1) is 0 Å². The molecule has 0 aliphatic heterocycles. The first kappa shape index (κ1) is 11.9. The first-order valence-electron chi connectivity index (χ1n) is 4.52. The molecule has 1 nitrogen and oxygen atoms in total. The molecule has 0 heterocycles. The zero-order valence-corrected chi connectivity index (χ0v) is 11.2. The lowest BCUT2D eigenvalue weighted by molar-refractivity contribution is -0.115. The molecular weight excluding hydrogens is 308 g/mol. The van der Waals surface area contributed by atoms with Gasteiger partial charge in [-0.25, -0.2) is 0 Å². The highest BCUT2D eigenvalue weighted by atomic mass is 79.9. The minimum absolute atomic E-state index is 0.204. The highest BCUT2D eigenvalue weighted by Crippen LogP contribution is 2.19. The summed E-state index contributed by atoms with van der Waals surface area (Å²) < 4.78 is 1.03. The summed E-state index contributed by atoms with van der Waals surface area (Å²) in [6.45, 7) is 2.12. The molecule has 0 N–H and O–H groups in total. The molecule has 14 heavy (non-hydrogen) atoms. The Morgan fingerprint density at radius 3 is 2.64 bits per heavy atom. The van der Waals surface area contributed by atoms with Crippen LogP contribution in [0.2, 0.25) is 0 Å². The monoisotopic (exact) mass is 318 g/mol. The number of halogens is 2. The molecule has 3 heteroatoms. The van der Waals surface area contributed by atoms with Gasteiger partial charge in [-0.05, 0) is 23.6 Å². The van der Waals surface area contributed by atoms with E-state index in [9.17, 15) is 4.79 Å². The zero-order chi connectivity index (χ0) is 10.6. The van der Waals surface area contributed by atoms with Crippen LogP contribution in [0.15, 0.2) is 22.7 Å². The average Bonchev–Trinajstić information content (AvgIpc) is 2.20. The Hall–Kier alpha value is -0.150. The third-order valence-corrected chi connectivity index (χ3v) is 3.43. The molecule has 0 aliphatic carbocycles. The van der Waals surface area contributed by atoms with Gasteiger partial charge in [0.15, 0.2) is 0 Å². The molecule has 0 unspecified atom stereocenters. The van der Waals surface area contributed by atoms with Crippen LogP contribution >= 0.6 is 31.9 Å². The number of alkyl halides is 1. The van der Waals surface area contributed by atoms with Crippen molar-refractivity contribution in [2.24, 2.45) is 0 Å². The predicted molar refractivity (Wildman–Crippen MR) is 66.0 cm³/mol. The second-order valence-corrected chi connectivity index (χ2v) is 4.54. The Morgan fingerprint density at radius 2 is 2.14 bits per heavy atom. The number of carbonyl (C=O) groups excluding carboxylic acids is 1. The van der Waals surface area contributed by atoms with Crippen molar-refractivity contribution in [3.63, 3.8) is 0 Å². The summed E-state index contributed by atoms with van der Waals surface area (Å²) in [5.74, 6) is 0.204. The average molecular weight is 320 g/mol. The van der Waals surface area contributed by atoms with Gasteiger partial charge < -0.3 is 0 Å². The lowest BCUT2D eigenvalue weighted by Crippen LogP contribution is -2.04. The van der Waals surface area contributed by atoms with E-state index >= 15 is 0 Å². The molecular formula is C11H12Br2O. The molecule has 0 radical (unpaired) electrons. The summed E-state index contributed by atoms with van der Waals surface area (Å²) in [5, 5.41) is 0.426. The van der Waals surface area contributed by atoms with Crippen molar-refractivity contribution in [3.8, 4) is 0 Å². The van der Waals surface area contributed by atoms with Gasteiger partial charge in [0.05, 0.1) is 5.33 Å². The number of benzene rings is 1. The summed E-state index contributed by atoms with van der Waals surface area (Å²) in [7, 11) is 0. The maximum atomic E-state index is 11.2. The molecule has 1 aromatic rings. The molecule has 0 fully saturated rings. The van der Waals surface area contributed by atoms with Crippen LogP contribution in [0.3, 0.4) is 0 Å². The number of aryl methyl sites for hydroxylation is 1. The van der Waals surface area contributed by atoms with E-state index in [1.807, 2.05) is 6.07 Å². The van der Waals surface area contributed by atoms with Gasteiger partial charge in [0.2, 0.25) is 0 Å². The second kappa shape index (κ2) is 5.66. The standard InChI is InChI=1S/C11H12Br2O/c1-2-8-3-4-9(11(13)5-8)6-10(14)7-12/h3-5H,2,6-7H2,1H3. The lowest BCUT2D eigenvalue weighted by atomic mass is 10.1. The Morgan fingerprint density at radius 1 is 1.43 bits per heavy atom. The summed E-state index contributed by atoms with van der Waals surface area (Å²) in [5.41, 5.74) is 2.35. The maximum absolute atomic E-state index is 11.2. The first-order valence-corrected chi connectivity index (χ1v) is 6.43. The normalized spacial score (nSPS) is 10.2. The molecule has 0 spiro atoms. The van der Waals surface area contributed by atoms with Crippen LogP contribution in [0.25, 0.3) is 0 Å². The minimum Gasteiger partial charge on any atom is -0.298 e. The van der Waals surface area contributed by atoms with Crippen LogP contribution in [-0.4, -0.2) is 11.1 Å². The largest absolute Gasteiger partial charge is 0.298 e. The SMILES string of the molecule is CCc1ccc(CC(=O)CBr)c(Br)c1. The molecule has 1 aromatic carbocycles. The molecule has 0 aromatic heterocycles. The Labute approximate surface area is 101 Å². The third-order valence-electron chi connectivity index (χ3n) is 2.06. The van der Waals surface area contributed by atoms with Crippen LogP contribution in [0.4, 0.5) is 0 Å². The Bertz CT molecular complexity index is 334. The molecule has 0 aliphatic rings. The molecule has 0 bridgehead atoms. The van der Waals surface area contributed by atoms with Gasteiger partial charge in [0.25, 0.3) is 0 Å². The molecule has 0 atom stereocenters. The molecule has 0 amide bonds. The van der Waals surface area contributed by atoms with E-state index in [4.69, 9.17) is 0 Å². The number of hydrogen-bond donors (Lipinski definition) is 0. The van der Waals surface area contributed by atoms with E-state index in [-0.39, 0.29) is 5.78 Å². The van der Waals surface area contributed by atoms with Crippen molar-refractivity contribution in [3.05, 3.63) is 33.8 Å². The maximum Gasteiger partial charge on any atom is 0.147 e. The zero-order valence-electron chi connectivity index (χ0n) is 8.02. The molecule has 0 saturated heterocycles. The highest BCUT2D eigenvalue weighted by Gasteiger charge is 2.05. The Balaban J connectivity index is 2.83. The fraction of sp³-hybridized carbons (Fsp3) is 0.364. The number of ketones is 1. The van der Waals surface area contributed by atoms with Gasteiger partial charge in [-0.2, -0.15) is 0 Å². The Kier molecular flexibility index (Phi) is 4.82. The van der Waals surface area contributed by atoms with Crippen molar-refractivity contribution < 1.29 is 4.79 Å². The number of Topliss-reactive ketones (excluding diaryl/α,β-unsaturated/α-hetero) is 1. The summed E-state index contributed by atoms with van der Waals surface area (Å²) >= 11 is 6.64. The third kappa shape index (κ3) is 3.21. The number of hydrogen-bond acceptors (Lipinski definition) is 1. The van der Waals surface area contributed by atoms with Crippen molar-refractivity contribution in [2.45, 2.75) is 19.8 Å². The van der Waals surface area contributed by atoms with Gasteiger partial charge in [0, 0.05) is 10.9 Å².